The summed E-state index contributed by atoms with van der Waals surface area (Å²) in [5.74, 6) is -0.0579. The number of hydrogen-bond acceptors (Lipinski definition) is 8. The number of nitrogens with zero attached hydrogens (tertiary/aromatic N) is 1. The SMILES string of the molecule is CCOC(=O)Cc1csc(NC(=O)COc2ccc3c(c2)NC(=O)CO3)n1. The van der Waals surface area contributed by atoms with Gasteiger partial charge in [0.2, 0.25) is 0 Å². The highest BCUT2D eigenvalue weighted by molar-refractivity contribution is 7.13. The molecule has 10 heteroatoms. The molecule has 0 saturated heterocycles. The number of anilines is 2. The third kappa shape index (κ3) is 5.17. The average Bonchev–Trinajstić information content (AvgIpc) is 3.06. The van der Waals surface area contributed by atoms with Crippen LogP contribution in [0, 0.1) is 0 Å². The van der Waals surface area contributed by atoms with Crippen LogP contribution in [0.3, 0.4) is 0 Å². The van der Waals surface area contributed by atoms with E-state index in [0.717, 1.165) is 0 Å². The lowest BCUT2D eigenvalue weighted by atomic mass is 10.2. The van der Waals surface area contributed by atoms with Crippen molar-refractivity contribution in [3.05, 3.63) is 29.3 Å². The number of aromatic nitrogens is 1. The highest BCUT2D eigenvalue weighted by Crippen LogP contribution is 2.31. The molecule has 0 spiro atoms. The van der Waals surface area contributed by atoms with Crippen molar-refractivity contribution < 1.29 is 28.6 Å². The first-order valence-electron chi connectivity index (χ1n) is 8.13. The highest BCUT2D eigenvalue weighted by atomic mass is 32.1. The molecule has 9 nitrogen and oxygen atoms in total. The largest absolute Gasteiger partial charge is 0.484 e. The quantitative estimate of drug-likeness (QED) is 0.689. The lowest BCUT2D eigenvalue weighted by Crippen LogP contribution is -2.25. The molecule has 1 aliphatic rings. The van der Waals surface area contributed by atoms with Crippen molar-refractivity contribution in [3.63, 3.8) is 0 Å². The second kappa shape index (κ2) is 8.49. The minimum atomic E-state index is -0.398. The predicted molar refractivity (Wildman–Crippen MR) is 97.1 cm³/mol. The fourth-order valence-electron chi connectivity index (χ4n) is 2.26. The number of carbonyl (C=O) groups excluding carboxylic acids is 3. The molecule has 0 unspecified atom stereocenters. The van der Waals surface area contributed by atoms with Crippen molar-refractivity contribution in [2.24, 2.45) is 0 Å². The van der Waals surface area contributed by atoms with Gasteiger partial charge in [-0.3, -0.25) is 19.7 Å². The van der Waals surface area contributed by atoms with Gasteiger partial charge in [-0.25, -0.2) is 4.98 Å². The summed E-state index contributed by atoms with van der Waals surface area (Å²) in [4.78, 5) is 38.9. The summed E-state index contributed by atoms with van der Waals surface area (Å²) in [6.45, 7) is 1.78. The topological polar surface area (TPSA) is 116 Å². The van der Waals surface area contributed by atoms with Gasteiger partial charge in [-0.15, -0.1) is 11.3 Å². The van der Waals surface area contributed by atoms with Crippen LogP contribution in [-0.4, -0.2) is 42.6 Å². The molecule has 3 rings (SSSR count). The molecule has 0 radical (unpaired) electrons. The van der Waals surface area contributed by atoms with Gasteiger partial charge in [-0.05, 0) is 19.1 Å². The number of rotatable bonds is 7. The Morgan fingerprint density at radius 1 is 1.41 bits per heavy atom. The lowest BCUT2D eigenvalue weighted by Gasteiger charge is -2.18. The lowest BCUT2D eigenvalue weighted by molar-refractivity contribution is -0.142. The molecular weight excluding hydrogens is 374 g/mol. The Balaban J connectivity index is 1.50. The van der Waals surface area contributed by atoms with Crippen LogP contribution in [0.15, 0.2) is 23.6 Å². The molecule has 142 valence electrons. The Morgan fingerprint density at radius 2 is 2.26 bits per heavy atom. The summed E-state index contributed by atoms with van der Waals surface area (Å²) in [5, 5.41) is 7.32. The summed E-state index contributed by atoms with van der Waals surface area (Å²) in [6.07, 6.45) is 0.0552. The Morgan fingerprint density at radius 3 is 3.07 bits per heavy atom. The van der Waals surface area contributed by atoms with Crippen LogP contribution in [0.5, 0.6) is 11.5 Å². The van der Waals surface area contributed by atoms with E-state index in [4.69, 9.17) is 14.2 Å². The van der Waals surface area contributed by atoms with Crippen LogP contribution in [0.4, 0.5) is 10.8 Å². The zero-order chi connectivity index (χ0) is 19.2. The van der Waals surface area contributed by atoms with E-state index in [0.29, 0.717) is 34.6 Å². The fourth-order valence-corrected chi connectivity index (χ4v) is 2.99. The maximum atomic E-state index is 12.0. The molecule has 2 amide bonds. The summed E-state index contributed by atoms with van der Waals surface area (Å²) < 4.78 is 15.5. The molecule has 1 aliphatic heterocycles. The predicted octanol–water partition coefficient (Wildman–Crippen LogP) is 1.60. The summed E-state index contributed by atoms with van der Waals surface area (Å²) in [7, 11) is 0. The minimum Gasteiger partial charge on any atom is -0.484 e. The normalized spacial score (nSPS) is 12.4. The van der Waals surface area contributed by atoms with Crippen LogP contribution >= 0.6 is 11.3 Å². The average molecular weight is 391 g/mol. The zero-order valence-corrected chi connectivity index (χ0v) is 15.3. The molecule has 0 aliphatic carbocycles. The van der Waals surface area contributed by atoms with E-state index in [1.54, 1.807) is 30.5 Å². The van der Waals surface area contributed by atoms with E-state index >= 15 is 0 Å². The van der Waals surface area contributed by atoms with Gasteiger partial charge in [0.1, 0.15) is 11.5 Å². The fraction of sp³-hybridized carbons (Fsp3) is 0.294. The zero-order valence-electron chi connectivity index (χ0n) is 14.4. The van der Waals surface area contributed by atoms with Crippen molar-refractivity contribution in [1.82, 2.24) is 4.98 Å². The molecule has 1 aromatic heterocycles. The van der Waals surface area contributed by atoms with Gasteiger partial charge >= 0.3 is 5.97 Å². The third-order valence-corrected chi connectivity index (χ3v) is 4.19. The molecule has 0 saturated carbocycles. The monoisotopic (exact) mass is 391 g/mol. The first-order valence-corrected chi connectivity index (χ1v) is 9.01. The number of benzene rings is 1. The van der Waals surface area contributed by atoms with Crippen molar-refractivity contribution in [1.29, 1.82) is 0 Å². The Bertz CT molecular complexity index is 866. The van der Waals surface area contributed by atoms with Gasteiger partial charge in [0.25, 0.3) is 11.8 Å². The smallest absolute Gasteiger partial charge is 0.311 e. The van der Waals surface area contributed by atoms with Gasteiger partial charge in [0.05, 0.1) is 24.4 Å². The van der Waals surface area contributed by atoms with Crippen LogP contribution in [-0.2, 0) is 25.5 Å². The number of ether oxygens (including phenoxy) is 3. The van der Waals surface area contributed by atoms with E-state index in [1.807, 2.05) is 0 Å². The summed E-state index contributed by atoms with van der Waals surface area (Å²) in [5.41, 5.74) is 1.02. The second-order valence-electron chi connectivity index (χ2n) is 5.46. The maximum absolute atomic E-state index is 12.0. The Hall–Kier alpha value is -3.14. The van der Waals surface area contributed by atoms with Crippen LogP contribution in [0.1, 0.15) is 12.6 Å². The summed E-state index contributed by atoms with van der Waals surface area (Å²) in [6, 6.07) is 4.88. The van der Waals surface area contributed by atoms with E-state index in [-0.39, 0.29) is 31.5 Å². The third-order valence-electron chi connectivity index (χ3n) is 3.38. The first kappa shape index (κ1) is 18.6. The molecule has 2 heterocycles. The van der Waals surface area contributed by atoms with Gasteiger partial charge in [0.15, 0.2) is 18.3 Å². The molecule has 0 fully saturated rings. The van der Waals surface area contributed by atoms with Crippen LogP contribution < -0.4 is 20.1 Å². The molecule has 0 bridgehead atoms. The standard InChI is InChI=1S/C17H17N3O6S/c1-2-24-16(23)5-10-9-27-17(18-10)20-15(22)7-25-11-3-4-13-12(6-11)19-14(21)8-26-13/h3-4,6,9H,2,5,7-8H2,1H3,(H,19,21)(H,18,20,22). The van der Waals surface area contributed by atoms with Gasteiger partial charge < -0.3 is 19.5 Å². The first-order chi connectivity index (χ1) is 13.0. The van der Waals surface area contributed by atoms with Crippen molar-refractivity contribution >= 4 is 39.9 Å². The number of carbonyl (C=O) groups is 3. The van der Waals surface area contributed by atoms with E-state index in [1.165, 1.54) is 11.3 Å². The number of hydrogen-bond donors (Lipinski definition) is 2. The van der Waals surface area contributed by atoms with Crippen molar-refractivity contribution in [3.8, 4) is 11.5 Å². The second-order valence-corrected chi connectivity index (χ2v) is 6.32. The number of thiazole rings is 1. The van der Waals surface area contributed by atoms with Gasteiger partial charge in [0, 0.05) is 11.4 Å². The van der Waals surface area contributed by atoms with Gasteiger partial charge in [-0.2, -0.15) is 0 Å². The number of nitrogens with one attached hydrogen (secondary N) is 2. The molecule has 27 heavy (non-hydrogen) atoms. The molecular formula is C17H17N3O6S. The molecule has 2 aromatic rings. The number of amides is 2. The van der Waals surface area contributed by atoms with E-state index < -0.39 is 5.91 Å². The van der Waals surface area contributed by atoms with Crippen LogP contribution in [0.2, 0.25) is 0 Å². The number of fused-ring (bicyclic) bond motifs is 1. The van der Waals surface area contributed by atoms with E-state index in [9.17, 15) is 14.4 Å². The van der Waals surface area contributed by atoms with E-state index in [2.05, 4.69) is 15.6 Å². The minimum absolute atomic E-state index is 0.0262. The Kier molecular flexibility index (Phi) is 5.87. The molecule has 2 N–H and O–H groups in total. The Labute approximate surface area is 158 Å². The van der Waals surface area contributed by atoms with Gasteiger partial charge in [-0.1, -0.05) is 0 Å². The number of esters is 1. The molecule has 0 atom stereocenters. The summed E-state index contributed by atoms with van der Waals surface area (Å²) >= 11 is 1.21. The van der Waals surface area contributed by atoms with Crippen molar-refractivity contribution in [2.45, 2.75) is 13.3 Å². The molecule has 1 aromatic carbocycles. The maximum Gasteiger partial charge on any atom is 0.311 e. The van der Waals surface area contributed by atoms with Crippen molar-refractivity contribution in [2.75, 3.05) is 30.5 Å². The van der Waals surface area contributed by atoms with Crippen LogP contribution in [0.25, 0.3) is 0 Å². The highest BCUT2D eigenvalue weighted by Gasteiger charge is 2.17.